The van der Waals surface area contributed by atoms with E-state index in [2.05, 4.69) is 24.1 Å². The summed E-state index contributed by atoms with van der Waals surface area (Å²) < 4.78 is 1.86. The topological polar surface area (TPSA) is 66.9 Å². The van der Waals surface area contributed by atoms with Crippen molar-refractivity contribution in [2.24, 2.45) is 10.2 Å². The molecule has 1 amide bonds. The van der Waals surface area contributed by atoms with E-state index in [0.29, 0.717) is 12.1 Å². The van der Waals surface area contributed by atoms with Crippen molar-refractivity contribution in [3.05, 3.63) is 23.8 Å². The molecule has 0 spiro atoms. The maximum Gasteiger partial charge on any atom is 0.264 e. The number of carbonyl (C=O) groups excluding carboxylic acids is 1. The van der Waals surface area contributed by atoms with Gasteiger partial charge in [-0.1, -0.05) is 57.6 Å². The number of hydrogen-bond acceptors (Lipinski definition) is 3. The van der Waals surface area contributed by atoms with Gasteiger partial charge in [-0.05, 0) is 31.9 Å². The third-order valence-electron chi connectivity index (χ3n) is 4.66. The lowest BCUT2D eigenvalue weighted by Gasteiger charge is -2.05. The Morgan fingerprint density at radius 1 is 1.08 bits per heavy atom. The first kappa shape index (κ1) is 20.1. The van der Waals surface area contributed by atoms with Gasteiger partial charge in [-0.3, -0.25) is 4.79 Å². The standard InChI is InChI=1S/C21H31N3O2/c1-4-6-8-9-10-11-19(25)22-23-20-17-15-16(3)12-13-18(17)24(21(20)26)14-7-5-2/h12-13,15,26H,4-11,14H2,1-3H3. The van der Waals surface area contributed by atoms with E-state index in [1.165, 1.54) is 12.8 Å². The van der Waals surface area contributed by atoms with Gasteiger partial charge in [0, 0.05) is 18.4 Å². The zero-order valence-corrected chi connectivity index (χ0v) is 16.3. The highest BCUT2D eigenvalue weighted by Crippen LogP contribution is 2.39. The van der Waals surface area contributed by atoms with Crippen molar-refractivity contribution >= 4 is 22.5 Å². The van der Waals surface area contributed by atoms with Crippen LogP contribution in [0.25, 0.3) is 10.9 Å². The van der Waals surface area contributed by atoms with E-state index in [1.54, 1.807) is 0 Å². The number of aromatic hydroxyl groups is 1. The summed E-state index contributed by atoms with van der Waals surface area (Å²) in [4.78, 5) is 12.0. The fraction of sp³-hybridized carbons (Fsp3) is 0.571. The lowest BCUT2D eigenvalue weighted by atomic mass is 10.1. The fourth-order valence-corrected chi connectivity index (χ4v) is 3.11. The second kappa shape index (κ2) is 10.1. The minimum absolute atomic E-state index is 0.0959. The zero-order valence-electron chi connectivity index (χ0n) is 16.3. The van der Waals surface area contributed by atoms with Gasteiger partial charge in [0.1, 0.15) is 0 Å². The second-order valence-electron chi connectivity index (χ2n) is 6.96. The molecule has 0 bridgehead atoms. The van der Waals surface area contributed by atoms with Crippen LogP contribution in [0.1, 0.15) is 70.8 Å². The van der Waals surface area contributed by atoms with Crippen LogP contribution in [0.3, 0.4) is 0 Å². The number of hydrogen-bond donors (Lipinski definition) is 1. The minimum Gasteiger partial charge on any atom is -0.493 e. The summed E-state index contributed by atoms with van der Waals surface area (Å²) in [5, 5.41) is 19.4. The largest absolute Gasteiger partial charge is 0.493 e. The molecule has 26 heavy (non-hydrogen) atoms. The number of amides is 1. The number of carbonyl (C=O) groups is 1. The summed E-state index contributed by atoms with van der Waals surface area (Å²) in [5.41, 5.74) is 2.42. The maximum atomic E-state index is 12.0. The normalized spacial score (nSPS) is 11.7. The Morgan fingerprint density at radius 2 is 1.81 bits per heavy atom. The number of benzene rings is 1. The molecule has 2 aromatic rings. The Balaban J connectivity index is 2.16. The Morgan fingerprint density at radius 3 is 2.54 bits per heavy atom. The molecule has 5 heteroatoms. The summed E-state index contributed by atoms with van der Waals surface area (Å²) in [6.45, 7) is 7.02. The van der Waals surface area contributed by atoms with Crippen LogP contribution in [0.2, 0.25) is 0 Å². The van der Waals surface area contributed by atoms with E-state index >= 15 is 0 Å². The molecule has 0 fully saturated rings. The van der Waals surface area contributed by atoms with E-state index in [-0.39, 0.29) is 11.8 Å². The van der Waals surface area contributed by atoms with Gasteiger partial charge in [-0.25, -0.2) is 0 Å². The van der Waals surface area contributed by atoms with Crippen LogP contribution in [0, 0.1) is 6.92 Å². The number of unbranched alkanes of at least 4 members (excludes halogenated alkanes) is 5. The molecular formula is C21H31N3O2. The molecular weight excluding hydrogens is 326 g/mol. The Hall–Kier alpha value is -2.17. The second-order valence-corrected chi connectivity index (χ2v) is 6.96. The van der Waals surface area contributed by atoms with Gasteiger partial charge < -0.3 is 9.67 Å². The zero-order chi connectivity index (χ0) is 18.9. The number of azo groups is 1. The fourth-order valence-electron chi connectivity index (χ4n) is 3.11. The molecule has 1 aromatic carbocycles. The first-order valence-electron chi connectivity index (χ1n) is 9.84. The average molecular weight is 357 g/mol. The van der Waals surface area contributed by atoms with Crippen LogP contribution in [0.5, 0.6) is 5.88 Å². The number of nitrogens with zero attached hydrogens (tertiary/aromatic N) is 3. The molecule has 1 aromatic heterocycles. The van der Waals surface area contributed by atoms with Gasteiger partial charge in [-0.15, -0.1) is 10.2 Å². The molecule has 1 heterocycles. The van der Waals surface area contributed by atoms with E-state index in [9.17, 15) is 9.90 Å². The van der Waals surface area contributed by atoms with E-state index in [4.69, 9.17) is 0 Å². The summed E-state index contributed by atoms with van der Waals surface area (Å²) in [6, 6.07) is 6.00. The Bertz CT molecular complexity index is 762. The minimum atomic E-state index is -0.219. The summed E-state index contributed by atoms with van der Waals surface area (Å²) in [7, 11) is 0. The lowest BCUT2D eigenvalue weighted by molar-refractivity contribution is -0.118. The van der Waals surface area contributed by atoms with Gasteiger partial charge >= 0.3 is 0 Å². The molecule has 0 aliphatic heterocycles. The average Bonchev–Trinajstić information content (AvgIpc) is 2.88. The van der Waals surface area contributed by atoms with E-state index in [1.807, 2.05) is 29.7 Å². The van der Waals surface area contributed by atoms with Crippen LogP contribution in [0.4, 0.5) is 5.69 Å². The highest BCUT2D eigenvalue weighted by atomic mass is 16.3. The summed E-state index contributed by atoms with van der Waals surface area (Å²) >= 11 is 0. The van der Waals surface area contributed by atoms with Crippen molar-refractivity contribution < 1.29 is 9.90 Å². The van der Waals surface area contributed by atoms with E-state index in [0.717, 1.165) is 55.1 Å². The molecule has 1 N–H and O–H groups in total. The first-order chi connectivity index (χ1) is 12.6. The van der Waals surface area contributed by atoms with Crippen LogP contribution in [-0.2, 0) is 11.3 Å². The van der Waals surface area contributed by atoms with Gasteiger partial charge in [0.25, 0.3) is 5.91 Å². The molecule has 0 saturated heterocycles. The molecule has 0 saturated carbocycles. The molecule has 2 rings (SSSR count). The van der Waals surface area contributed by atoms with Crippen LogP contribution in [-0.4, -0.2) is 15.6 Å². The highest BCUT2D eigenvalue weighted by molar-refractivity contribution is 5.95. The maximum absolute atomic E-state index is 12.0. The SMILES string of the molecule is CCCCCCCC(=O)N=Nc1c(O)n(CCCC)c2ccc(C)cc12. The Kier molecular flexibility index (Phi) is 7.82. The van der Waals surface area contributed by atoms with Crippen molar-refractivity contribution in [1.29, 1.82) is 0 Å². The molecule has 0 radical (unpaired) electrons. The molecule has 0 aliphatic carbocycles. The molecule has 5 nitrogen and oxygen atoms in total. The molecule has 0 aliphatic rings. The number of rotatable bonds is 10. The van der Waals surface area contributed by atoms with Gasteiger partial charge in [0.15, 0.2) is 5.69 Å². The van der Waals surface area contributed by atoms with Crippen molar-refractivity contribution in [2.75, 3.05) is 0 Å². The lowest BCUT2D eigenvalue weighted by Crippen LogP contribution is -1.96. The number of aromatic nitrogens is 1. The number of fused-ring (bicyclic) bond motifs is 1. The summed E-state index contributed by atoms with van der Waals surface area (Å²) in [5.74, 6) is -0.124. The highest BCUT2D eigenvalue weighted by Gasteiger charge is 2.16. The number of aryl methyl sites for hydroxylation is 2. The third-order valence-corrected chi connectivity index (χ3v) is 4.66. The Labute approximate surface area is 156 Å². The smallest absolute Gasteiger partial charge is 0.264 e. The summed E-state index contributed by atoms with van der Waals surface area (Å²) in [6.07, 6.45) is 7.88. The first-order valence-corrected chi connectivity index (χ1v) is 9.84. The predicted molar refractivity (Wildman–Crippen MR) is 106 cm³/mol. The monoisotopic (exact) mass is 357 g/mol. The predicted octanol–water partition coefficient (Wildman–Crippen LogP) is 6.43. The van der Waals surface area contributed by atoms with E-state index < -0.39 is 0 Å². The van der Waals surface area contributed by atoms with Crippen molar-refractivity contribution in [2.45, 2.75) is 78.7 Å². The van der Waals surface area contributed by atoms with Crippen molar-refractivity contribution in [3.8, 4) is 5.88 Å². The van der Waals surface area contributed by atoms with Gasteiger partial charge in [-0.2, -0.15) is 0 Å². The molecule has 142 valence electrons. The van der Waals surface area contributed by atoms with Crippen LogP contribution in [0.15, 0.2) is 28.4 Å². The quantitative estimate of drug-likeness (QED) is 0.393. The molecule has 0 atom stereocenters. The van der Waals surface area contributed by atoms with Crippen molar-refractivity contribution in [1.82, 2.24) is 4.57 Å². The van der Waals surface area contributed by atoms with Gasteiger partial charge in [0.2, 0.25) is 5.88 Å². The van der Waals surface area contributed by atoms with Crippen molar-refractivity contribution in [3.63, 3.8) is 0 Å². The van der Waals surface area contributed by atoms with Crippen LogP contribution >= 0.6 is 0 Å². The van der Waals surface area contributed by atoms with Crippen LogP contribution < -0.4 is 0 Å². The third kappa shape index (κ3) is 5.16. The van der Waals surface area contributed by atoms with Gasteiger partial charge in [0.05, 0.1) is 5.52 Å². The molecule has 0 unspecified atom stereocenters.